The molecule has 0 fully saturated rings. The third kappa shape index (κ3) is 2.96. The predicted octanol–water partition coefficient (Wildman–Crippen LogP) is 2.81. The van der Waals surface area contributed by atoms with Gasteiger partial charge in [0.15, 0.2) is 10.8 Å². The monoisotopic (exact) mass is 378 g/mol. The van der Waals surface area contributed by atoms with Gasteiger partial charge in [-0.05, 0) is 12.1 Å². The molecule has 5 rings (SSSR count). The van der Waals surface area contributed by atoms with E-state index in [9.17, 15) is 0 Å². The van der Waals surface area contributed by atoms with E-state index in [-0.39, 0.29) is 0 Å². The van der Waals surface area contributed by atoms with Crippen LogP contribution in [0.3, 0.4) is 0 Å². The zero-order valence-electron chi connectivity index (χ0n) is 14.9. The van der Waals surface area contributed by atoms with Gasteiger partial charge in [0, 0.05) is 67.3 Å². The molecule has 0 amide bonds. The van der Waals surface area contributed by atoms with Crippen LogP contribution in [0.2, 0.25) is 0 Å². The lowest BCUT2D eigenvalue weighted by atomic mass is 10.1. The number of ether oxygens (including phenoxy) is 1. The zero-order valence-corrected chi connectivity index (χ0v) is 15.7. The number of pyridine rings is 1. The van der Waals surface area contributed by atoms with E-state index < -0.39 is 0 Å². The van der Waals surface area contributed by atoms with E-state index in [1.807, 2.05) is 29.9 Å². The van der Waals surface area contributed by atoms with Gasteiger partial charge in [-0.25, -0.2) is 9.97 Å². The Bertz CT molecular complexity index is 1090. The van der Waals surface area contributed by atoms with Crippen LogP contribution in [0.4, 0.5) is 0 Å². The van der Waals surface area contributed by atoms with Crippen LogP contribution in [0, 0.1) is 0 Å². The van der Waals surface area contributed by atoms with Crippen molar-refractivity contribution in [2.45, 2.75) is 19.5 Å². The summed E-state index contributed by atoms with van der Waals surface area (Å²) in [5, 5.41) is 2.05. The summed E-state index contributed by atoms with van der Waals surface area (Å²) in [7, 11) is 1.68. The molecule has 27 heavy (non-hydrogen) atoms. The summed E-state index contributed by atoms with van der Waals surface area (Å²) in [6.45, 7) is 2.55. The molecule has 0 N–H and O–H groups in total. The first kappa shape index (κ1) is 16.3. The second-order valence-corrected chi connectivity index (χ2v) is 7.36. The third-order valence-corrected chi connectivity index (χ3v) is 5.60. The van der Waals surface area contributed by atoms with Gasteiger partial charge in [-0.3, -0.25) is 14.3 Å². The van der Waals surface area contributed by atoms with Gasteiger partial charge in [-0.15, -0.1) is 11.3 Å². The Labute approximate surface area is 160 Å². The lowest BCUT2D eigenvalue weighted by Gasteiger charge is -2.27. The fourth-order valence-electron chi connectivity index (χ4n) is 3.48. The highest BCUT2D eigenvalue weighted by molar-refractivity contribution is 7.15. The molecule has 0 spiro atoms. The van der Waals surface area contributed by atoms with Crippen LogP contribution in [-0.4, -0.2) is 42.9 Å². The summed E-state index contributed by atoms with van der Waals surface area (Å²) < 4.78 is 7.60. The van der Waals surface area contributed by atoms with Crippen molar-refractivity contribution in [3.8, 4) is 17.3 Å². The molecular weight excluding hydrogens is 360 g/mol. The number of nitrogens with zero attached hydrogens (tertiary/aromatic N) is 6. The van der Waals surface area contributed by atoms with Crippen LogP contribution >= 0.6 is 11.3 Å². The number of rotatable bonds is 4. The Hall–Kier alpha value is -2.84. The second kappa shape index (κ2) is 6.71. The molecule has 4 aromatic rings. The standard InChI is InChI=1S/C19H18N6OS/c1-26-18-16(25-8-9-27-19(25)23-18)12-24-7-4-15-14(11-24)10-21-17(22-15)13-2-5-20-6-3-13/h2-3,5-6,8-10H,4,7,11-12H2,1H3. The van der Waals surface area contributed by atoms with E-state index in [0.29, 0.717) is 5.88 Å². The molecule has 0 aromatic carbocycles. The highest BCUT2D eigenvalue weighted by Crippen LogP contribution is 2.27. The van der Waals surface area contributed by atoms with Crippen molar-refractivity contribution in [3.05, 3.63) is 59.3 Å². The van der Waals surface area contributed by atoms with Gasteiger partial charge < -0.3 is 4.74 Å². The average Bonchev–Trinajstić information content (AvgIpc) is 3.30. The minimum Gasteiger partial charge on any atom is -0.480 e. The summed E-state index contributed by atoms with van der Waals surface area (Å²) in [5.41, 5.74) is 4.41. The SMILES string of the molecule is COc1nc2sccn2c1CN1CCc2nc(-c3ccncc3)ncc2C1. The molecule has 136 valence electrons. The molecule has 0 bridgehead atoms. The first-order valence-corrected chi connectivity index (χ1v) is 9.66. The van der Waals surface area contributed by atoms with Crippen molar-refractivity contribution < 1.29 is 4.74 Å². The van der Waals surface area contributed by atoms with Crippen molar-refractivity contribution in [1.82, 2.24) is 29.2 Å². The van der Waals surface area contributed by atoms with Crippen LogP contribution < -0.4 is 4.74 Å². The molecule has 1 aliphatic rings. The van der Waals surface area contributed by atoms with Crippen LogP contribution in [0.5, 0.6) is 5.88 Å². The highest BCUT2D eigenvalue weighted by Gasteiger charge is 2.22. The molecule has 0 radical (unpaired) electrons. The number of fused-ring (bicyclic) bond motifs is 2. The molecule has 4 aromatic heterocycles. The fourth-order valence-corrected chi connectivity index (χ4v) is 4.21. The molecule has 5 heterocycles. The minimum absolute atomic E-state index is 0.705. The van der Waals surface area contributed by atoms with Crippen LogP contribution in [-0.2, 0) is 19.5 Å². The molecule has 0 aliphatic carbocycles. The Balaban J connectivity index is 1.39. The molecule has 7 nitrogen and oxygen atoms in total. The van der Waals surface area contributed by atoms with Crippen LogP contribution in [0.15, 0.2) is 42.3 Å². The molecule has 0 saturated heterocycles. The van der Waals surface area contributed by atoms with Gasteiger partial charge in [0.25, 0.3) is 0 Å². The predicted molar refractivity (Wildman–Crippen MR) is 103 cm³/mol. The zero-order chi connectivity index (χ0) is 18.2. The number of hydrogen-bond donors (Lipinski definition) is 0. The molecule has 8 heteroatoms. The topological polar surface area (TPSA) is 68.4 Å². The lowest BCUT2D eigenvalue weighted by molar-refractivity contribution is 0.235. The highest BCUT2D eigenvalue weighted by atomic mass is 32.1. The van der Waals surface area contributed by atoms with E-state index in [4.69, 9.17) is 9.72 Å². The summed E-state index contributed by atoms with van der Waals surface area (Å²) in [5.74, 6) is 1.47. The molecular formula is C19H18N6OS. The van der Waals surface area contributed by atoms with Gasteiger partial charge in [0.05, 0.1) is 12.8 Å². The van der Waals surface area contributed by atoms with Crippen LogP contribution in [0.1, 0.15) is 17.0 Å². The maximum Gasteiger partial charge on any atom is 0.237 e. The number of methoxy groups -OCH3 is 1. The third-order valence-electron chi connectivity index (χ3n) is 4.84. The van der Waals surface area contributed by atoms with E-state index >= 15 is 0 Å². The summed E-state index contributed by atoms with van der Waals surface area (Å²) in [6.07, 6.45) is 8.45. The van der Waals surface area contributed by atoms with E-state index in [0.717, 1.165) is 53.8 Å². The maximum atomic E-state index is 5.48. The first-order valence-electron chi connectivity index (χ1n) is 8.78. The minimum atomic E-state index is 0.705. The Morgan fingerprint density at radius 1 is 1.22 bits per heavy atom. The number of hydrogen-bond acceptors (Lipinski definition) is 7. The molecule has 1 aliphatic heterocycles. The fraction of sp³-hybridized carbons (Fsp3) is 0.263. The lowest BCUT2D eigenvalue weighted by Crippen LogP contribution is -2.31. The largest absolute Gasteiger partial charge is 0.480 e. The maximum absolute atomic E-state index is 5.48. The summed E-state index contributed by atoms with van der Waals surface area (Å²) >= 11 is 1.62. The second-order valence-electron chi connectivity index (χ2n) is 6.49. The Morgan fingerprint density at radius 3 is 2.96 bits per heavy atom. The van der Waals surface area contributed by atoms with Gasteiger partial charge in [-0.1, -0.05) is 0 Å². The molecule has 0 unspecified atom stereocenters. The Kier molecular flexibility index (Phi) is 4.06. The van der Waals surface area contributed by atoms with E-state index in [2.05, 4.69) is 24.3 Å². The van der Waals surface area contributed by atoms with Gasteiger partial charge in [0.2, 0.25) is 5.88 Å². The van der Waals surface area contributed by atoms with E-state index in [1.54, 1.807) is 30.8 Å². The first-order chi connectivity index (χ1) is 13.3. The molecule has 0 atom stereocenters. The van der Waals surface area contributed by atoms with E-state index in [1.165, 1.54) is 5.56 Å². The van der Waals surface area contributed by atoms with Crippen LogP contribution in [0.25, 0.3) is 16.3 Å². The smallest absolute Gasteiger partial charge is 0.237 e. The Morgan fingerprint density at radius 2 is 2.11 bits per heavy atom. The van der Waals surface area contributed by atoms with Crippen molar-refractivity contribution >= 4 is 16.3 Å². The summed E-state index contributed by atoms with van der Waals surface area (Å²) in [4.78, 5) is 21.3. The number of aromatic nitrogens is 5. The van der Waals surface area contributed by atoms with Crippen molar-refractivity contribution in [3.63, 3.8) is 0 Å². The quantitative estimate of drug-likeness (QED) is 0.544. The van der Waals surface area contributed by atoms with Crippen molar-refractivity contribution in [2.24, 2.45) is 0 Å². The normalized spacial score (nSPS) is 14.4. The van der Waals surface area contributed by atoms with Gasteiger partial charge >= 0.3 is 0 Å². The summed E-state index contributed by atoms with van der Waals surface area (Å²) in [6, 6.07) is 3.88. The van der Waals surface area contributed by atoms with Crippen molar-refractivity contribution in [1.29, 1.82) is 0 Å². The number of imidazole rings is 1. The molecule has 0 saturated carbocycles. The van der Waals surface area contributed by atoms with Crippen molar-refractivity contribution in [2.75, 3.05) is 13.7 Å². The number of thiazole rings is 1. The van der Waals surface area contributed by atoms with Gasteiger partial charge in [-0.2, -0.15) is 4.98 Å². The average molecular weight is 378 g/mol. The van der Waals surface area contributed by atoms with Gasteiger partial charge in [0.1, 0.15) is 5.69 Å².